The second kappa shape index (κ2) is 14.2. The summed E-state index contributed by atoms with van der Waals surface area (Å²) in [6.07, 6.45) is 1.72. The minimum atomic E-state index is -4.13. The summed E-state index contributed by atoms with van der Waals surface area (Å²) < 4.78 is 34.0. The maximum Gasteiger partial charge on any atom is 0.264 e. The molecule has 0 heterocycles. The summed E-state index contributed by atoms with van der Waals surface area (Å²) in [4.78, 5) is 28.4. The fourth-order valence-corrected chi connectivity index (χ4v) is 5.56. The fraction of sp³-hybridized carbons (Fsp3) is 0.333. The quantitative estimate of drug-likeness (QED) is 0.279. The van der Waals surface area contributed by atoms with Crippen molar-refractivity contribution in [3.8, 4) is 5.75 Å². The van der Waals surface area contributed by atoms with E-state index in [1.807, 2.05) is 13.8 Å². The number of ether oxygens (including phenoxy) is 1. The lowest BCUT2D eigenvalue weighted by Crippen LogP contribution is -2.51. The van der Waals surface area contributed by atoms with E-state index < -0.39 is 28.5 Å². The van der Waals surface area contributed by atoms with Gasteiger partial charge in [0, 0.05) is 18.1 Å². The van der Waals surface area contributed by atoms with Crippen molar-refractivity contribution in [3.05, 3.63) is 88.9 Å². The molecule has 0 saturated carbocycles. The Labute approximate surface area is 241 Å². The lowest BCUT2D eigenvalue weighted by atomic mass is 10.1. The van der Waals surface area contributed by atoms with Gasteiger partial charge in [-0.15, -0.1) is 0 Å². The maximum absolute atomic E-state index is 13.9. The molecule has 3 aromatic carbocycles. The average Bonchev–Trinajstić information content (AvgIpc) is 2.95. The average molecular weight is 586 g/mol. The third kappa shape index (κ3) is 7.99. The lowest BCUT2D eigenvalue weighted by molar-refractivity contribution is -0.139. The van der Waals surface area contributed by atoms with Gasteiger partial charge in [-0.2, -0.15) is 0 Å². The van der Waals surface area contributed by atoms with Gasteiger partial charge in [0.15, 0.2) is 0 Å². The topological polar surface area (TPSA) is 96.0 Å². The molecule has 0 fully saturated rings. The van der Waals surface area contributed by atoms with Gasteiger partial charge < -0.3 is 15.0 Å². The van der Waals surface area contributed by atoms with Crippen LogP contribution in [0.5, 0.6) is 5.75 Å². The molecule has 0 spiro atoms. The molecule has 3 rings (SSSR count). The zero-order valence-corrected chi connectivity index (χ0v) is 24.8. The van der Waals surface area contributed by atoms with Crippen LogP contribution in [0.1, 0.15) is 37.8 Å². The van der Waals surface area contributed by atoms with Crippen molar-refractivity contribution in [2.75, 3.05) is 24.5 Å². The van der Waals surface area contributed by atoms with E-state index in [2.05, 4.69) is 5.32 Å². The van der Waals surface area contributed by atoms with E-state index in [4.69, 9.17) is 16.3 Å². The molecule has 0 aliphatic heterocycles. The number of rotatable bonds is 13. The molecule has 0 aliphatic carbocycles. The molecule has 3 aromatic rings. The van der Waals surface area contributed by atoms with Crippen molar-refractivity contribution in [3.63, 3.8) is 0 Å². The first-order valence-corrected chi connectivity index (χ1v) is 14.9. The zero-order chi connectivity index (χ0) is 29.3. The van der Waals surface area contributed by atoms with Crippen LogP contribution in [0.15, 0.2) is 77.7 Å². The first-order valence-electron chi connectivity index (χ1n) is 13.1. The standard InChI is InChI=1S/C30H36ClN3O5S/c1-5-6-19-32-30(36)23(3)33(20-24-9-11-25(31)12-10-24)29(35)21-34(26-13-15-27(39-4)16-14-26)40(37,38)28-17-7-22(2)8-18-28/h7-18,23H,5-6,19-21H2,1-4H3,(H,32,36). The summed E-state index contributed by atoms with van der Waals surface area (Å²) in [5.74, 6) is -0.294. The summed E-state index contributed by atoms with van der Waals surface area (Å²) in [5, 5.41) is 3.42. The molecule has 0 saturated heterocycles. The van der Waals surface area contributed by atoms with E-state index >= 15 is 0 Å². The molecule has 8 nitrogen and oxygen atoms in total. The number of methoxy groups -OCH3 is 1. The smallest absolute Gasteiger partial charge is 0.264 e. The number of benzene rings is 3. The van der Waals surface area contributed by atoms with E-state index in [9.17, 15) is 18.0 Å². The first-order chi connectivity index (χ1) is 19.1. The summed E-state index contributed by atoms with van der Waals surface area (Å²) in [7, 11) is -2.62. The minimum Gasteiger partial charge on any atom is -0.497 e. The van der Waals surface area contributed by atoms with Gasteiger partial charge in [-0.3, -0.25) is 13.9 Å². The van der Waals surface area contributed by atoms with Crippen molar-refractivity contribution in [2.24, 2.45) is 0 Å². The Kier molecular flexibility index (Phi) is 11.0. The Bertz CT molecular complexity index is 1380. The molecular weight excluding hydrogens is 550 g/mol. The highest BCUT2D eigenvalue weighted by atomic mass is 35.5. The van der Waals surface area contributed by atoms with Gasteiger partial charge in [0.1, 0.15) is 18.3 Å². The first kappa shape index (κ1) is 31.0. The number of sulfonamides is 1. The molecule has 0 aromatic heterocycles. The third-order valence-electron chi connectivity index (χ3n) is 6.51. The molecular formula is C30H36ClN3O5S. The van der Waals surface area contributed by atoms with Crippen molar-refractivity contribution in [1.29, 1.82) is 0 Å². The normalized spacial score (nSPS) is 11.9. The van der Waals surface area contributed by atoms with Gasteiger partial charge in [-0.05, 0) is 74.4 Å². The number of carbonyl (C=O) groups is 2. The van der Waals surface area contributed by atoms with E-state index in [0.29, 0.717) is 23.0 Å². The van der Waals surface area contributed by atoms with Gasteiger partial charge in [0.25, 0.3) is 10.0 Å². The Hall–Kier alpha value is -3.56. The molecule has 2 amide bonds. The van der Waals surface area contributed by atoms with Crippen LogP contribution in [0.4, 0.5) is 5.69 Å². The lowest BCUT2D eigenvalue weighted by Gasteiger charge is -2.32. The number of nitrogens with one attached hydrogen (secondary N) is 1. The summed E-state index contributed by atoms with van der Waals surface area (Å²) >= 11 is 6.04. The number of aryl methyl sites for hydroxylation is 1. The fourth-order valence-electron chi connectivity index (χ4n) is 4.02. The van der Waals surface area contributed by atoms with E-state index in [1.165, 1.54) is 24.1 Å². The maximum atomic E-state index is 13.9. The van der Waals surface area contributed by atoms with Crippen LogP contribution in [-0.4, -0.2) is 51.4 Å². The largest absolute Gasteiger partial charge is 0.497 e. The summed E-state index contributed by atoms with van der Waals surface area (Å²) in [6, 6.07) is 19.0. The molecule has 0 aliphatic rings. The van der Waals surface area contributed by atoms with Gasteiger partial charge in [-0.25, -0.2) is 8.42 Å². The molecule has 1 unspecified atom stereocenters. The van der Waals surface area contributed by atoms with Crippen LogP contribution in [0.2, 0.25) is 5.02 Å². The zero-order valence-electron chi connectivity index (χ0n) is 23.3. The Morgan fingerprint density at radius 2 is 1.60 bits per heavy atom. The van der Waals surface area contributed by atoms with Crippen LogP contribution in [0.25, 0.3) is 0 Å². The monoisotopic (exact) mass is 585 g/mol. The number of hydrogen-bond donors (Lipinski definition) is 1. The summed E-state index contributed by atoms with van der Waals surface area (Å²) in [5.41, 5.74) is 1.95. The van der Waals surface area contributed by atoms with Crippen molar-refractivity contribution < 1.29 is 22.7 Å². The Morgan fingerprint density at radius 3 is 2.17 bits per heavy atom. The van der Waals surface area contributed by atoms with Gasteiger partial charge in [0.05, 0.1) is 17.7 Å². The number of amides is 2. The number of nitrogens with zero attached hydrogens (tertiary/aromatic N) is 2. The highest BCUT2D eigenvalue weighted by molar-refractivity contribution is 7.92. The Morgan fingerprint density at radius 1 is 0.975 bits per heavy atom. The number of anilines is 1. The highest BCUT2D eigenvalue weighted by Gasteiger charge is 2.32. The molecule has 1 atom stereocenters. The molecule has 40 heavy (non-hydrogen) atoms. The van der Waals surface area contributed by atoms with E-state index in [0.717, 1.165) is 28.3 Å². The number of halogens is 1. The summed E-state index contributed by atoms with van der Waals surface area (Å²) in [6.45, 7) is 5.60. The third-order valence-corrected chi connectivity index (χ3v) is 8.55. The predicted molar refractivity (Wildman–Crippen MR) is 158 cm³/mol. The van der Waals surface area contributed by atoms with E-state index in [-0.39, 0.29) is 17.3 Å². The second-order valence-corrected chi connectivity index (χ2v) is 11.8. The van der Waals surface area contributed by atoms with Crippen LogP contribution in [0, 0.1) is 6.92 Å². The van der Waals surface area contributed by atoms with Crippen LogP contribution in [0.3, 0.4) is 0 Å². The Balaban J connectivity index is 1.99. The molecule has 1 N–H and O–H groups in total. The van der Waals surface area contributed by atoms with Crippen molar-refractivity contribution in [1.82, 2.24) is 10.2 Å². The SMILES string of the molecule is CCCCNC(=O)C(C)N(Cc1ccc(Cl)cc1)C(=O)CN(c1ccc(OC)cc1)S(=O)(=O)c1ccc(C)cc1. The van der Waals surface area contributed by atoms with Crippen LogP contribution in [-0.2, 0) is 26.2 Å². The number of unbranched alkanes of at least 4 members (excludes halogenated alkanes) is 1. The molecule has 214 valence electrons. The number of carbonyl (C=O) groups excluding carboxylic acids is 2. The van der Waals surface area contributed by atoms with Gasteiger partial charge in [0.2, 0.25) is 11.8 Å². The van der Waals surface area contributed by atoms with Gasteiger partial charge >= 0.3 is 0 Å². The second-order valence-electron chi connectivity index (χ2n) is 9.49. The van der Waals surface area contributed by atoms with Crippen molar-refractivity contribution in [2.45, 2.75) is 51.1 Å². The predicted octanol–water partition coefficient (Wildman–Crippen LogP) is 5.19. The highest BCUT2D eigenvalue weighted by Crippen LogP contribution is 2.27. The van der Waals surface area contributed by atoms with Crippen molar-refractivity contribution >= 4 is 39.1 Å². The molecule has 10 heteroatoms. The molecule has 0 bridgehead atoms. The van der Waals surface area contributed by atoms with Crippen LogP contribution < -0.4 is 14.4 Å². The van der Waals surface area contributed by atoms with Crippen LogP contribution >= 0.6 is 11.6 Å². The van der Waals surface area contributed by atoms with E-state index in [1.54, 1.807) is 67.6 Å². The van der Waals surface area contributed by atoms with Gasteiger partial charge in [-0.1, -0.05) is 54.8 Å². The molecule has 0 radical (unpaired) electrons. The number of hydrogen-bond acceptors (Lipinski definition) is 5. The minimum absolute atomic E-state index is 0.0522.